The summed E-state index contributed by atoms with van der Waals surface area (Å²) < 4.78 is 14.6. The minimum absolute atomic E-state index is 0.245. The molecule has 1 aliphatic rings. The third-order valence-electron chi connectivity index (χ3n) is 3.80. The molecule has 1 fully saturated rings. The van der Waals surface area contributed by atoms with E-state index in [-0.39, 0.29) is 16.3 Å². The molecule has 2 rings (SSSR count). The predicted octanol–water partition coefficient (Wildman–Crippen LogP) is 3.02. The molecule has 0 radical (unpaired) electrons. The molecule has 1 heterocycles. The number of rotatable bonds is 2. The van der Waals surface area contributed by atoms with Gasteiger partial charge in [0.1, 0.15) is 6.07 Å². The minimum atomic E-state index is -0.358. The fourth-order valence-electron chi connectivity index (χ4n) is 2.56. The SMILES string of the molecule is CC1CCC(CN)CN1c1ccc(C#N)c(Br)c1F. The molecule has 102 valence electrons. The molecule has 0 bridgehead atoms. The number of nitriles is 1. The summed E-state index contributed by atoms with van der Waals surface area (Å²) in [5.74, 6) is 0.0496. The second-order valence-electron chi connectivity index (χ2n) is 5.05. The Kier molecular flexibility index (Phi) is 4.43. The lowest BCUT2D eigenvalue weighted by atomic mass is 9.93. The van der Waals surface area contributed by atoms with Crippen molar-refractivity contribution in [3.05, 3.63) is 28.0 Å². The van der Waals surface area contributed by atoms with Crippen molar-refractivity contribution in [2.75, 3.05) is 18.0 Å². The minimum Gasteiger partial charge on any atom is -0.366 e. The van der Waals surface area contributed by atoms with E-state index in [0.29, 0.717) is 23.7 Å². The smallest absolute Gasteiger partial charge is 0.161 e. The summed E-state index contributed by atoms with van der Waals surface area (Å²) >= 11 is 3.16. The van der Waals surface area contributed by atoms with E-state index in [9.17, 15) is 4.39 Å². The van der Waals surface area contributed by atoms with E-state index in [2.05, 4.69) is 27.8 Å². The standard InChI is InChI=1S/C14H17BrFN3/c1-9-2-3-10(6-17)8-19(9)12-5-4-11(7-18)13(15)14(12)16/h4-5,9-10H,2-3,6,8,17H2,1H3. The van der Waals surface area contributed by atoms with Crippen molar-refractivity contribution in [2.45, 2.75) is 25.8 Å². The lowest BCUT2D eigenvalue weighted by Gasteiger charge is -2.39. The highest BCUT2D eigenvalue weighted by Crippen LogP contribution is 2.33. The largest absolute Gasteiger partial charge is 0.366 e. The molecule has 0 amide bonds. The maximum atomic E-state index is 14.4. The van der Waals surface area contributed by atoms with Gasteiger partial charge in [0.05, 0.1) is 15.7 Å². The van der Waals surface area contributed by atoms with Gasteiger partial charge in [-0.05, 0) is 60.3 Å². The Morgan fingerprint density at radius 2 is 2.26 bits per heavy atom. The molecule has 1 aliphatic heterocycles. The Morgan fingerprint density at radius 3 is 2.89 bits per heavy atom. The van der Waals surface area contributed by atoms with Crippen LogP contribution in [0.5, 0.6) is 0 Å². The highest BCUT2D eigenvalue weighted by Gasteiger charge is 2.27. The van der Waals surface area contributed by atoms with Crippen LogP contribution in [0.25, 0.3) is 0 Å². The van der Waals surface area contributed by atoms with E-state index in [0.717, 1.165) is 19.4 Å². The van der Waals surface area contributed by atoms with E-state index in [1.807, 2.05) is 6.07 Å². The van der Waals surface area contributed by atoms with Gasteiger partial charge in [-0.3, -0.25) is 0 Å². The van der Waals surface area contributed by atoms with Crippen LogP contribution in [-0.2, 0) is 0 Å². The van der Waals surface area contributed by atoms with Gasteiger partial charge in [-0.1, -0.05) is 0 Å². The van der Waals surface area contributed by atoms with Crippen LogP contribution in [0.1, 0.15) is 25.3 Å². The maximum absolute atomic E-state index is 14.4. The molecule has 0 aromatic heterocycles. The number of halogens is 2. The molecule has 3 nitrogen and oxygen atoms in total. The number of hydrogen-bond acceptors (Lipinski definition) is 3. The summed E-state index contributed by atoms with van der Waals surface area (Å²) in [5.41, 5.74) is 6.60. The van der Waals surface area contributed by atoms with E-state index in [1.165, 1.54) is 0 Å². The second kappa shape index (κ2) is 5.89. The van der Waals surface area contributed by atoms with Crippen LogP contribution in [0.3, 0.4) is 0 Å². The van der Waals surface area contributed by atoms with Crippen molar-refractivity contribution in [2.24, 2.45) is 11.7 Å². The fraction of sp³-hybridized carbons (Fsp3) is 0.500. The fourth-order valence-corrected chi connectivity index (χ4v) is 2.98. The summed E-state index contributed by atoms with van der Waals surface area (Å²) in [6.45, 7) is 3.49. The van der Waals surface area contributed by atoms with Gasteiger partial charge in [-0.25, -0.2) is 4.39 Å². The number of benzene rings is 1. The summed E-state index contributed by atoms with van der Waals surface area (Å²) in [7, 11) is 0. The molecule has 0 saturated carbocycles. The third-order valence-corrected chi connectivity index (χ3v) is 4.58. The molecular weight excluding hydrogens is 309 g/mol. The zero-order valence-electron chi connectivity index (χ0n) is 10.9. The van der Waals surface area contributed by atoms with Gasteiger partial charge in [0, 0.05) is 12.6 Å². The van der Waals surface area contributed by atoms with Crippen LogP contribution in [0.2, 0.25) is 0 Å². The van der Waals surface area contributed by atoms with Crippen LogP contribution in [0.15, 0.2) is 16.6 Å². The zero-order valence-corrected chi connectivity index (χ0v) is 12.5. The van der Waals surface area contributed by atoms with Gasteiger partial charge in [0.2, 0.25) is 0 Å². The van der Waals surface area contributed by atoms with Crippen LogP contribution in [0, 0.1) is 23.1 Å². The van der Waals surface area contributed by atoms with Crippen molar-refractivity contribution in [3.63, 3.8) is 0 Å². The lowest BCUT2D eigenvalue weighted by molar-refractivity contribution is 0.370. The second-order valence-corrected chi connectivity index (χ2v) is 5.85. The van der Waals surface area contributed by atoms with Gasteiger partial charge in [0.25, 0.3) is 0 Å². The monoisotopic (exact) mass is 325 g/mol. The molecule has 2 N–H and O–H groups in total. The Labute approximate surface area is 121 Å². The summed E-state index contributed by atoms with van der Waals surface area (Å²) in [4.78, 5) is 2.06. The molecule has 1 aromatic carbocycles. The Balaban J connectivity index is 2.35. The van der Waals surface area contributed by atoms with Crippen molar-refractivity contribution in [1.82, 2.24) is 0 Å². The number of anilines is 1. The normalized spacial score (nSPS) is 23.2. The van der Waals surface area contributed by atoms with E-state index in [4.69, 9.17) is 11.0 Å². The topological polar surface area (TPSA) is 53.0 Å². The number of piperidine rings is 1. The summed E-state index contributed by atoms with van der Waals surface area (Å²) in [5, 5.41) is 8.90. The average Bonchev–Trinajstić information content (AvgIpc) is 2.43. The molecule has 1 saturated heterocycles. The van der Waals surface area contributed by atoms with Crippen molar-refractivity contribution in [3.8, 4) is 6.07 Å². The lowest BCUT2D eigenvalue weighted by Crippen LogP contribution is -2.44. The van der Waals surface area contributed by atoms with Crippen molar-refractivity contribution in [1.29, 1.82) is 5.26 Å². The van der Waals surface area contributed by atoms with Crippen LogP contribution >= 0.6 is 15.9 Å². The van der Waals surface area contributed by atoms with Crippen LogP contribution < -0.4 is 10.6 Å². The number of nitrogens with two attached hydrogens (primary N) is 1. The van der Waals surface area contributed by atoms with Gasteiger partial charge < -0.3 is 10.6 Å². The molecule has 2 atom stereocenters. The van der Waals surface area contributed by atoms with E-state index >= 15 is 0 Å². The van der Waals surface area contributed by atoms with Crippen LogP contribution in [0.4, 0.5) is 10.1 Å². The summed E-state index contributed by atoms with van der Waals surface area (Å²) in [6.07, 6.45) is 2.10. The molecule has 19 heavy (non-hydrogen) atoms. The third kappa shape index (κ3) is 2.75. The van der Waals surface area contributed by atoms with E-state index in [1.54, 1.807) is 12.1 Å². The number of hydrogen-bond donors (Lipinski definition) is 1. The zero-order chi connectivity index (χ0) is 14.0. The van der Waals surface area contributed by atoms with Gasteiger partial charge in [-0.2, -0.15) is 5.26 Å². The Morgan fingerprint density at radius 1 is 1.53 bits per heavy atom. The van der Waals surface area contributed by atoms with E-state index < -0.39 is 0 Å². The van der Waals surface area contributed by atoms with Gasteiger partial charge in [0.15, 0.2) is 5.82 Å². The first kappa shape index (κ1) is 14.3. The number of nitrogens with zero attached hydrogens (tertiary/aromatic N) is 2. The first-order valence-corrected chi connectivity index (χ1v) is 7.22. The molecule has 5 heteroatoms. The molecular formula is C14H17BrFN3. The predicted molar refractivity (Wildman–Crippen MR) is 77.4 cm³/mol. The first-order chi connectivity index (χ1) is 9.08. The quantitative estimate of drug-likeness (QED) is 0.909. The van der Waals surface area contributed by atoms with Crippen molar-refractivity contribution >= 4 is 21.6 Å². The summed E-state index contributed by atoms with van der Waals surface area (Å²) in [6, 6.07) is 5.60. The van der Waals surface area contributed by atoms with Crippen LogP contribution in [-0.4, -0.2) is 19.1 Å². The molecule has 0 spiro atoms. The van der Waals surface area contributed by atoms with Gasteiger partial charge in [-0.15, -0.1) is 0 Å². The average molecular weight is 326 g/mol. The Bertz CT molecular complexity index is 512. The molecule has 1 aromatic rings. The molecule has 2 unspecified atom stereocenters. The van der Waals surface area contributed by atoms with Gasteiger partial charge >= 0.3 is 0 Å². The molecule has 0 aliphatic carbocycles. The highest BCUT2D eigenvalue weighted by atomic mass is 79.9. The first-order valence-electron chi connectivity index (χ1n) is 6.43. The Hall–Kier alpha value is -1.12. The van der Waals surface area contributed by atoms with Crippen molar-refractivity contribution < 1.29 is 4.39 Å². The maximum Gasteiger partial charge on any atom is 0.161 e. The highest BCUT2D eigenvalue weighted by molar-refractivity contribution is 9.10.